The SMILES string of the molecule is CCCCCCCCCCCCCCC(=O)O[C@@H](COC(=O)CCCCCCCCCCCCCCCCCCC(C)C)COC(=O)CCCCCCCCCCCCCCCCC(C)C. The van der Waals surface area contributed by atoms with Gasteiger partial charge in [-0.05, 0) is 31.1 Å². The van der Waals surface area contributed by atoms with Gasteiger partial charge in [0.15, 0.2) is 6.10 Å². The first kappa shape index (κ1) is 64.4. The second-order valence-electron chi connectivity index (χ2n) is 21.6. The molecule has 392 valence electrons. The fraction of sp³-hybridized carbons (Fsp3) is 0.950. The topological polar surface area (TPSA) is 78.9 Å². The number of hydrogen-bond donors (Lipinski definition) is 0. The van der Waals surface area contributed by atoms with Crippen LogP contribution >= 0.6 is 0 Å². The van der Waals surface area contributed by atoms with E-state index in [0.717, 1.165) is 69.6 Å². The lowest BCUT2D eigenvalue weighted by atomic mass is 10.0. The molecule has 0 rings (SSSR count). The highest BCUT2D eigenvalue weighted by Gasteiger charge is 2.19. The largest absolute Gasteiger partial charge is 0.462 e. The molecule has 0 amide bonds. The molecular formula is C60H116O6. The zero-order chi connectivity index (χ0) is 48.2. The van der Waals surface area contributed by atoms with Gasteiger partial charge in [-0.3, -0.25) is 14.4 Å². The highest BCUT2D eigenvalue weighted by Crippen LogP contribution is 2.18. The van der Waals surface area contributed by atoms with E-state index in [1.54, 1.807) is 0 Å². The average molecular weight is 934 g/mol. The van der Waals surface area contributed by atoms with E-state index in [0.29, 0.717) is 19.3 Å². The number of carbonyl (C=O) groups excluding carboxylic acids is 3. The Balaban J connectivity index is 4.25. The summed E-state index contributed by atoms with van der Waals surface area (Å²) >= 11 is 0. The summed E-state index contributed by atoms with van der Waals surface area (Å²) in [6.07, 6.45) is 56.7. The number of ether oxygens (including phenoxy) is 3. The number of esters is 3. The van der Waals surface area contributed by atoms with Crippen molar-refractivity contribution in [3.05, 3.63) is 0 Å². The second kappa shape index (κ2) is 52.8. The minimum absolute atomic E-state index is 0.0623. The van der Waals surface area contributed by atoms with E-state index in [4.69, 9.17) is 14.2 Å². The normalized spacial score (nSPS) is 12.0. The highest BCUT2D eigenvalue weighted by molar-refractivity contribution is 5.71. The molecule has 66 heavy (non-hydrogen) atoms. The summed E-state index contributed by atoms with van der Waals surface area (Å²) in [5.74, 6) is 0.861. The van der Waals surface area contributed by atoms with E-state index in [1.807, 2.05) is 0 Å². The number of carbonyl (C=O) groups is 3. The Morgan fingerprint density at radius 3 is 0.742 bits per heavy atom. The third-order valence-electron chi connectivity index (χ3n) is 13.7. The van der Waals surface area contributed by atoms with Crippen LogP contribution in [0.3, 0.4) is 0 Å². The molecular weight excluding hydrogens is 817 g/mol. The summed E-state index contributed by atoms with van der Waals surface area (Å²) in [5.41, 5.74) is 0. The number of hydrogen-bond acceptors (Lipinski definition) is 6. The first-order chi connectivity index (χ1) is 32.2. The Kier molecular flexibility index (Phi) is 51.5. The van der Waals surface area contributed by atoms with Crippen LogP contribution in [0.4, 0.5) is 0 Å². The van der Waals surface area contributed by atoms with Crippen molar-refractivity contribution in [2.24, 2.45) is 11.8 Å². The molecule has 0 fully saturated rings. The Morgan fingerprint density at radius 2 is 0.500 bits per heavy atom. The zero-order valence-electron chi connectivity index (χ0n) is 45.3. The van der Waals surface area contributed by atoms with Gasteiger partial charge in [-0.15, -0.1) is 0 Å². The lowest BCUT2D eigenvalue weighted by Crippen LogP contribution is -2.30. The van der Waals surface area contributed by atoms with Gasteiger partial charge in [0.25, 0.3) is 0 Å². The van der Waals surface area contributed by atoms with Crippen LogP contribution in [0.1, 0.15) is 336 Å². The van der Waals surface area contributed by atoms with Crippen molar-refractivity contribution in [2.75, 3.05) is 13.2 Å². The summed E-state index contributed by atoms with van der Waals surface area (Å²) < 4.78 is 16.9. The second-order valence-corrected chi connectivity index (χ2v) is 21.6. The van der Waals surface area contributed by atoms with Crippen molar-refractivity contribution in [1.82, 2.24) is 0 Å². The van der Waals surface area contributed by atoms with Crippen LogP contribution in [0.25, 0.3) is 0 Å². The molecule has 0 heterocycles. The van der Waals surface area contributed by atoms with Gasteiger partial charge >= 0.3 is 17.9 Å². The summed E-state index contributed by atoms with van der Waals surface area (Å²) in [6, 6.07) is 0. The molecule has 0 bridgehead atoms. The zero-order valence-corrected chi connectivity index (χ0v) is 45.3. The maximum absolute atomic E-state index is 12.8. The van der Waals surface area contributed by atoms with Crippen molar-refractivity contribution in [3.63, 3.8) is 0 Å². The molecule has 0 aliphatic carbocycles. The molecule has 0 aliphatic rings. The lowest BCUT2D eigenvalue weighted by Gasteiger charge is -2.18. The van der Waals surface area contributed by atoms with E-state index in [2.05, 4.69) is 34.6 Å². The Bertz CT molecular complexity index is 1010. The van der Waals surface area contributed by atoms with Gasteiger partial charge in [0, 0.05) is 19.3 Å². The lowest BCUT2D eigenvalue weighted by molar-refractivity contribution is -0.167. The fourth-order valence-electron chi connectivity index (χ4n) is 9.23. The maximum Gasteiger partial charge on any atom is 0.306 e. The van der Waals surface area contributed by atoms with Gasteiger partial charge in [-0.1, -0.05) is 298 Å². The van der Waals surface area contributed by atoms with Crippen molar-refractivity contribution >= 4 is 17.9 Å². The van der Waals surface area contributed by atoms with Crippen LogP contribution in [0.5, 0.6) is 0 Å². The molecule has 1 atom stereocenters. The molecule has 6 nitrogen and oxygen atoms in total. The molecule has 0 spiro atoms. The van der Waals surface area contributed by atoms with Crippen LogP contribution in [-0.2, 0) is 28.6 Å². The molecule has 0 aromatic heterocycles. The summed E-state index contributed by atoms with van der Waals surface area (Å²) in [7, 11) is 0. The molecule has 6 heteroatoms. The molecule has 0 aromatic carbocycles. The fourth-order valence-corrected chi connectivity index (χ4v) is 9.23. The molecule has 0 radical (unpaired) electrons. The van der Waals surface area contributed by atoms with Gasteiger partial charge in [0.05, 0.1) is 0 Å². The molecule has 0 unspecified atom stereocenters. The van der Waals surface area contributed by atoms with Crippen molar-refractivity contribution < 1.29 is 28.6 Å². The minimum Gasteiger partial charge on any atom is -0.462 e. The van der Waals surface area contributed by atoms with Crippen molar-refractivity contribution in [3.8, 4) is 0 Å². The van der Waals surface area contributed by atoms with Crippen LogP contribution < -0.4 is 0 Å². The summed E-state index contributed by atoms with van der Waals surface area (Å²) in [4.78, 5) is 38.1. The van der Waals surface area contributed by atoms with Gasteiger partial charge in [0.1, 0.15) is 13.2 Å². The van der Waals surface area contributed by atoms with E-state index in [9.17, 15) is 14.4 Å². The maximum atomic E-state index is 12.8. The summed E-state index contributed by atoms with van der Waals surface area (Å²) in [5, 5.41) is 0. The van der Waals surface area contributed by atoms with E-state index >= 15 is 0 Å². The monoisotopic (exact) mass is 933 g/mol. The third-order valence-corrected chi connectivity index (χ3v) is 13.7. The van der Waals surface area contributed by atoms with Crippen molar-refractivity contribution in [2.45, 2.75) is 343 Å². The molecule has 0 N–H and O–H groups in total. The van der Waals surface area contributed by atoms with Crippen LogP contribution in [0, 0.1) is 11.8 Å². The predicted octanol–water partition coefficient (Wildman–Crippen LogP) is 19.7. The van der Waals surface area contributed by atoms with E-state index in [1.165, 1.54) is 225 Å². The molecule has 0 saturated heterocycles. The van der Waals surface area contributed by atoms with E-state index in [-0.39, 0.29) is 31.1 Å². The number of unbranched alkanes of at least 4 members (excludes halogenated alkanes) is 39. The molecule has 0 aliphatic heterocycles. The number of rotatable bonds is 54. The molecule has 0 aromatic rings. The Labute approximate surface area is 412 Å². The molecule has 0 saturated carbocycles. The van der Waals surface area contributed by atoms with Gasteiger partial charge in [-0.25, -0.2) is 0 Å². The minimum atomic E-state index is -0.762. The van der Waals surface area contributed by atoms with Crippen LogP contribution in [0.2, 0.25) is 0 Å². The Hall–Kier alpha value is -1.59. The third kappa shape index (κ3) is 53.4. The van der Waals surface area contributed by atoms with Gasteiger partial charge in [0.2, 0.25) is 0 Å². The van der Waals surface area contributed by atoms with Crippen LogP contribution in [-0.4, -0.2) is 37.2 Å². The van der Waals surface area contributed by atoms with Crippen LogP contribution in [0.15, 0.2) is 0 Å². The quantitative estimate of drug-likeness (QED) is 0.0343. The standard InChI is InChI=1S/C60H116O6/c1-6-7-8-9-10-11-12-25-32-37-42-47-52-60(63)66-57(54-65-59(62)51-46-41-36-31-27-22-18-17-20-24-29-34-39-44-49-56(4)5)53-64-58(61)50-45-40-35-30-26-21-16-14-13-15-19-23-28-33-38-43-48-55(2)3/h55-57H,6-54H2,1-5H3/t57-/m0/s1. The average Bonchev–Trinajstić information content (AvgIpc) is 3.29. The Morgan fingerprint density at radius 1 is 0.288 bits per heavy atom. The first-order valence-electron chi connectivity index (χ1n) is 29.7. The highest BCUT2D eigenvalue weighted by atomic mass is 16.6. The van der Waals surface area contributed by atoms with Gasteiger partial charge < -0.3 is 14.2 Å². The smallest absolute Gasteiger partial charge is 0.306 e. The summed E-state index contributed by atoms with van der Waals surface area (Å²) in [6.45, 7) is 11.4. The van der Waals surface area contributed by atoms with E-state index < -0.39 is 6.10 Å². The first-order valence-corrected chi connectivity index (χ1v) is 29.7. The van der Waals surface area contributed by atoms with Gasteiger partial charge in [-0.2, -0.15) is 0 Å². The van der Waals surface area contributed by atoms with Crippen molar-refractivity contribution in [1.29, 1.82) is 0 Å². The predicted molar refractivity (Wildman–Crippen MR) is 284 cm³/mol.